The van der Waals surface area contributed by atoms with Gasteiger partial charge in [0, 0.05) is 23.0 Å². The van der Waals surface area contributed by atoms with E-state index in [1.165, 1.54) is 50.2 Å². The SMILES string of the molecule is CC1C=CC=C(/C(=C(/C2=CCCC=C2)c2ccccc2)C2C=CC(c3ccc(N(c4ccccc4)c4ccc(C(C)C)cc4)cc3)=CC2)C1. The quantitative estimate of drug-likeness (QED) is 0.176. The van der Waals surface area contributed by atoms with Crippen LogP contribution >= 0.6 is 0 Å². The van der Waals surface area contributed by atoms with Crippen LogP contribution in [0.15, 0.2) is 181 Å². The van der Waals surface area contributed by atoms with E-state index in [9.17, 15) is 0 Å². The van der Waals surface area contributed by atoms with Gasteiger partial charge in [0.25, 0.3) is 0 Å². The van der Waals surface area contributed by atoms with Crippen LogP contribution < -0.4 is 4.90 Å². The number of nitrogens with zero attached hydrogens (tertiary/aromatic N) is 1. The molecule has 2 unspecified atom stereocenters. The third-order valence-electron chi connectivity index (χ3n) is 10.0. The van der Waals surface area contributed by atoms with Gasteiger partial charge in [0.2, 0.25) is 0 Å². The summed E-state index contributed by atoms with van der Waals surface area (Å²) in [6.45, 7) is 6.83. The average Bonchev–Trinajstić information content (AvgIpc) is 3.16. The third-order valence-corrected chi connectivity index (χ3v) is 10.0. The zero-order chi connectivity index (χ0) is 33.6. The van der Waals surface area contributed by atoms with E-state index in [2.05, 4.69) is 190 Å². The molecule has 0 saturated carbocycles. The summed E-state index contributed by atoms with van der Waals surface area (Å²) in [4.78, 5) is 2.35. The zero-order valence-electron chi connectivity index (χ0n) is 29.1. The summed E-state index contributed by atoms with van der Waals surface area (Å²) in [6, 6.07) is 39.8. The number of benzene rings is 4. The fourth-order valence-electron chi connectivity index (χ4n) is 7.39. The molecule has 0 amide bonds. The smallest absolute Gasteiger partial charge is 0.0462 e. The maximum Gasteiger partial charge on any atom is 0.0462 e. The molecule has 2 atom stereocenters. The Morgan fingerprint density at radius 3 is 1.98 bits per heavy atom. The number of para-hydroxylation sites is 1. The van der Waals surface area contributed by atoms with Crippen molar-refractivity contribution in [1.29, 1.82) is 0 Å². The maximum absolute atomic E-state index is 2.46. The Morgan fingerprint density at radius 1 is 0.694 bits per heavy atom. The van der Waals surface area contributed by atoms with Crippen LogP contribution in [0, 0.1) is 11.8 Å². The van der Waals surface area contributed by atoms with Crippen molar-refractivity contribution in [2.45, 2.75) is 52.4 Å². The van der Waals surface area contributed by atoms with Crippen molar-refractivity contribution >= 4 is 28.2 Å². The Hall–Kier alpha value is -5.14. The minimum atomic E-state index is 0.307. The second kappa shape index (κ2) is 15.0. The lowest BCUT2D eigenvalue weighted by Crippen LogP contribution is -2.13. The van der Waals surface area contributed by atoms with Gasteiger partial charge < -0.3 is 4.90 Å². The first-order valence-electron chi connectivity index (χ1n) is 18.0. The molecule has 4 aromatic rings. The van der Waals surface area contributed by atoms with Crippen LogP contribution in [0.1, 0.15) is 69.1 Å². The highest BCUT2D eigenvalue weighted by Gasteiger charge is 2.26. The molecule has 0 radical (unpaired) electrons. The molecule has 3 aliphatic rings. The fraction of sp³-hybridized carbons (Fsp3) is 0.208. The molecule has 7 rings (SSSR count). The molecule has 0 saturated heterocycles. The van der Waals surface area contributed by atoms with Crippen LogP contribution in [-0.4, -0.2) is 0 Å². The highest BCUT2D eigenvalue weighted by atomic mass is 15.1. The molecule has 1 nitrogen and oxygen atoms in total. The van der Waals surface area contributed by atoms with Crippen LogP contribution in [-0.2, 0) is 0 Å². The lowest BCUT2D eigenvalue weighted by molar-refractivity contribution is 0.682. The molecular weight excluding hydrogens is 591 g/mol. The van der Waals surface area contributed by atoms with Gasteiger partial charge in [0.1, 0.15) is 0 Å². The van der Waals surface area contributed by atoms with Crippen molar-refractivity contribution in [3.05, 3.63) is 197 Å². The van der Waals surface area contributed by atoms with Gasteiger partial charge in [-0.1, -0.05) is 148 Å². The molecule has 4 aromatic carbocycles. The van der Waals surface area contributed by atoms with Gasteiger partial charge in [-0.3, -0.25) is 0 Å². The molecule has 0 spiro atoms. The van der Waals surface area contributed by atoms with Crippen molar-refractivity contribution in [2.75, 3.05) is 4.90 Å². The Balaban J connectivity index is 1.21. The summed E-state index contributed by atoms with van der Waals surface area (Å²) < 4.78 is 0. The number of allylic oxidation sites excluding steroid dienone is 14. The predicted molar refractivity (Wildman–Crippen MR) is 211 cm³/mol. The van der Waals surface area contributed by atoms with Crippen molar-refractivity contribution in [3.63, 3.8) is 0 Å². The summed E-state index contributed by atoms with van der Waals surface area (Å²) in [5.74, 6) is 1.35. The molecule has 3 aliphatic carbocycles. The minimum Gasteiger partial charge on any atom is -0.311 e. The van der Waals surface area contributed by atoms with Crippen LogP contribution in [0.4, 0.5) is 17.1 Å². The molecule has 244 valence electrons. The van der Waals surface area contributed by atoms with Gasteiger partial charge >= 0.3 is 0 Å². The van der Waals surface area contributed by atoms with E-state index in [1.807, 2.05) is 0 Å². The molecule has 1 heteroatoms. The van der Waals surface area contributed by atoms with Gasteiger partial charge in [-0.05, 0) is 118 Å². The molecule has 0 bridgehead atoms. The van der Waals surface area contributed by atoms with Crippen molar-refractivity contribution < 1.29 is 0 Å². The Kier molecular flexibility index (Phi) is 9.89. The van der Waals surface area contributed by atoms with Gasteiger partial charge in [0.15, 0.2) is 0 Å². The van der Waals surface area contributed by atoms with Crippen LogP contribution in [0.25, 0.3) is 11.1 Å². The first-order valence-corrected chi connectivity index (χ1v) is 18.0. The van der Waals surface area contributed by atoms with E-state index >= 15 is 0 Å². The van der Waals surface area contributed by atoms with E-state index in [1.54, 1.807) is 0 Å². The Bertz CT molecular complexity index is 1960. The van der Waals surface area contributed by atoms with Gasteiger partial charge in [-0.15, -0.1) is 0 Å². The summed E-state index contributed by atoms with van der Waals surface area (Å²) in [6.07, 6.45) is 25.6. The normalized spacial score (nSPS) is 19.2. The van der Waals surface area contributed by atoms with E-state index in [0.29, 0.717) is 17.8 Å². The standard InChI is InChI=1S/C48H47N/c1-35(2)37-26-30-45(31-27-37)49(44-20-11-6-12-21-44)46-32-28-39(29-33-46)38-22-24-42(25-23-38)48(43-19-13-14-36(3)34-43)47(40-15-7-4-8-16-40)41-17-9-5-10-18-41/h4,6-9,11-24,26-33,35-36,42H,5,10,25,34H2,1-3H3/b48-47+. The molecule has 0 heterocycles. The van der Waals surface area contributed by atoms with E-state index < -0.39 is 0 Å². The number of hydrogen-bond acceptors (Lipinski definition) is 1. The van der Waals surface area contributed by atoms with E-state index in [0.717, 1.165) is 37.1 Å². The zero-order valence-corrected chi connectivity index (χ0v) is 29.1. The third kappa shape index (κ3) is 7.32. The predicted octanol–water partition coefficient (Wildman–Crippen LogP) is 13.5. The first kappa shape index (κ1) is 32.4. The average molecular weight is 638 g/mol. The monoisotopic (exact) mass is 637 g/mol. The molecule has 49 heavy (non-hydrogen) atoms. The highest BCUT2D eigenvalue weighted by molar-refractivity contribution is 5.88. The second-order valence-corrected chi connectivity index (χ2v) is 13.9. The fourth-order valence-corrected chi connectivity index (χ4v) is 7.39. The van der Waals surface area contributed by atoms with Crippen LogP contribution in [0.2, 0.25) is 0 Å². The summed E-state index contributed by atoms with van der Waals surface area (Å²) in [5.41, 5.74) is 14.4. The van der Waals surface area contributed by atoms with Crippen molar-refractivity contribution in [1.82, 2.24) is 0 Å². The van der Waals surface area contributed by atoms with Gasteiger partial charge in [-0.25, -0.2) is 0 Å². The van der Waals surface area contributed by atoms with Crippen LogP contribution in [0.5, 0.6) is 0 Å². The van der Waals surface area contributed by atoms with E-state index in [-0.39, 0.29) is 0 Å². The van der Waals surface area contributed by atoms with Crippen LogP contribution in [0.3, 0.4) is 0 Å². The lowest BCUT2D eigenvalue weighted by Gasteiger charge is -2.29. The lowest BCUT2D eigenvalue weighted by atomic mass is 9.75. The molecule has 0 fully saturated rings. The summed E-state index contributed by atoms with van der Waals surface area (Å²) in [7, 11) is 0. The minimum absolute atomic E-state index is 0.307. The largest absolute Gasteiger partial charge is 0.311 e. The maximum atomic E-state index is 2.46. The van der Waals surface area contributed by atoms with E-state index in [4.69, 9.17) is 0 Å². The van der Waals surface area contributed by atoms with Gasteiger partial charge in [0.05, 0.1) is 0 Å². The van der Waals surface area contributed by atoms with Crippen molar-refractivity contribution in [2.24, 2.45) is 11.8 Å². The molecule has 0 N–H and O–H groups in total. The molecular formula is C48H47N. The number of anilines is 3. The second-order valence-electron chi connectivity index (χ2n) is 13.9. The topological polar surface area (TPSA) is 3.24 Å². The highest BCUT2D eigenvalue weighted by Crippen LogP contribution is 2.43. The summed E-state index contributed by atoms with van der Waals surface area (Å²) in [5, 5.41) is 0. The summed E-state index contributed by atoms with van der Waals surface area (Å²) >= 11 is 0. The number of hydrogen-bond donors (Lipinski definition) is 0. The first-order chi connectivity index (χ1) is 24.0. The molecule has 0 aliphatic heterocycles. The Labute approximate surface area is 293 Å². The van der Waals surface area contributed by atoms with Gasteiger partial charge in [-0.2, -0.15) is 0 Å². The Morgan fingerprint density at radius 2 is 1.37 bits per heavy atom. The molecule has 0 aromatic heterocycles. The number of rotatable bonds is 9. The van der Waals surface area contributed by atoms with Crippen molar-refractivity contribution in [3.8, 4) is 0 Å².